The van der Waals surface area contributed by atoms with E-state index in [9.17, 15) is 4.79 Å². The van der Waals surface area contributed by atoms with Gasteiger partial charge in [-0.3, -0.25) is 4.79 Å². The highest BCUT2D eigenvalue weighted by Crippen LogP contribution is 2.40. The van der Waals surface area contributed by atoms with Crippen molar-refractivity contribution in [1.29, 1.82) is 0 Å². The second-order valence-electron chi connectivity index (χ2n) is 4.91. The second kappa shape index (κ2) is 2.87. The maximum atomic E-state index is 12.1. The van der Waals surface area contributed by atoms with Gasteiger partial charge in [0.25, 0.3) is 0 Å². The molecule has 1 aliphatic heterocycles. The number of aryl methyl sites for hydroxylation is 2. The maximum absolute atomic E-state index is 12.1. The second-order valence-corrected chi connectivity index (χ2v) is 4.91. The number of fused-ring (bicyclic) bond motifs is 1. The minimum Gasteiger partial charge on any atom is -0.475 e. The first-order chi connectivity index (χ1) is 6.85. The van der Waals surface area contributed by atoms with E-state index in [0.29, 0.717) is 0 Å². The van der Waals surface area contributed by atoms with Gasteiger partial charge in [0, 0.05) is 24.2 Å². The molecule has 3 heteroatoms. The van der Waals surface area contributed by atoms with Gasteiger partial charge in [0.2, 0.25) is 5.88 Å². The summed E-state index contributed by atoms with van der Waals surface area (Å²) in [6.45, 7) is 7.98. The predicted octanol–water partition coefficient (Wildman–Crippen LogP) is 1.75. The van der Waals surface area contributed by atoms with Gasteiger partial charge >= 0.3 is 0 Å². The quantitative estimate of drug-likeness (QED) is 0.649. The van der Waals surface area contributed by atoms with Crippen LogP contribution in [0.3, 0.4) is 0 Å². The van der Waals surface area contributed by atoms with Crippen LogP contribution in [0.15, 0.2) is 11.0 Å². The molecular weight excluding hydrogens is 190 g/mol. The Bertz CT molecular complexity index is 471. The lowest BCUT2D eigenvalue weighted by molar-refractivity contribution is 0.176. The zero-order valence-electron chi connectivity index (χ0n) is 9.92. The summed E-state index contributed by atoms with van der Waals surface area (Å²) in [5.74, 6) is 0.725. The molecule has 0 fully saturated rings. The van der Waals surface area contributed by atoms with Crippen molar-refractivity contribution >= 4 is 0 Å². The fourth-order valence-electron chi connectivity index (χ4n) is 2.11. The normalized spacial score (nSPS) is 22.3. The molecule has 82 valence electrons. The van der Waals surface area contributed by atoms with Crippen LogP contribution in [0.1, 0.15) is 31.9 Å². The molecule has 1 aromatic rings. The van der Waals surface area contributed by atoms with Gasteiger partial charge in [-0.15, -0.1) is 0 Å². The first-order valence-electron chi connectivity index (χ1n) is 5.23. The fraction of sp³-hybridized carbons (Fsp3) is 0.583. The van der Waals surface area contributed by atoms with Gasteiger partial charge in [-0.1, -0.05) is 13.8 Å². The fourth-order valence-corrected chi connectivity index (χ4v) is 2.11. The molecule has 0 aliphatic carbocycles. The van der Waals surface area contributed by atoms with Crippen LogP contribution in [0.25, 0.3) is 0 Å². The summed E-state index contributed by atoms with van der Waals surface area (Å²) >= 11 is 0. The minimum atomic E-state index is -0.198. The van der Waals surface area contributed by atoms with Crippen LogP contribution < -0.4 is 10.2 Å². The van der Waals surface area contributed by atoms with E-state index in [-0.39, 0.29) is 16.9 Å². The number of aromatic nitrogens is 1. The zero-order valence-corrected chi connectivity index (χ0v) is 9.92. The van der Waals surface area contributed by atoms with Crippen molar-refractivity contribution in [2.75, 3.05) is 0 Å². The zero-order chi connectivity index (χ0) is 11.4. The van der Waals surface area contributed by atoms with E-state index in [1.165, 1.54) is 0 Å². The summed E-state index contributed by atoms with van der Waals surface area (Å²) < 4.78 is 7.65. The van der Waals surface area contributed by atoms with Gasteiger partial charge in [-0.25, -0.2) is 0 Å². The lowest BCUT2D eigenvalue weighted by Crippen LogP contribution is -2.32. The molecule has 2 heterocycles. The van der Waals surface area contributed by atoms with Crippen LogP contribution in [0.5, 0.6) is 5.88 Å². The number of hydrogen-bond donors (Lipinski definition) is 0. The number of rotatable bonds is 0. The van der Waals surface area contributed by atoms with Gasteiger partial charge in [-0.2, -0.15) is 0 Å². The summed E-state index contributed by atoms with van der Waals surface area (Å²) in [6, 6.07) is 0. The topological polar surface area (TPSA) is 31.2 Å². The monoisotopic (exact) mass is 207 g/mol. The third-order valence-electron chi connectivity index (χ3n) is 3.46. The van der Waals surface area contributed by atoms with E-state index in [4.69, 9.17) is 4.74 Å². The Labute approximate surface area is 89.7 Å². The lowest BCUT2D eigenvalue weighted by Gasteiger charge is -2.21. The molecular formula is C12H17NO2. The minimum absolute atomic E-state index is 0.0493. The molecule has 0 spiro atoms. The smallest absolute Gasteiger partial charge is 0.201 e. The van der Waals surface area contributed by atoms with Crippen LogP contribution in [0, 0.1) is 6.92 Å². The molecule has 0 radical (unpaired) electrons. The Morgan fingerprint density at radius 2 is 2.07 bits per heavy atom. The first-order valence-corrected chi connectivity index (χ1v) is 5.23. The molecule has 1 atom stereocenters. The average Bonchev–Trinajstić information content (AvgIpc) is 2.36. The highest BCUT2D eigenvalue weighted by Gasteiger charge is 2.42. The van der Waals surface area contributed by atoms with E-state index in [2.05, 4.69) is 13.8 Å². The Hall–Kier alpha value is -1.25. The summed E-state index contributed by atoms with van der Waals surface area (Å²) in [5, 5.41) is 0. The summed E-state index contributed by atoms with van der Waals surface area (Å²) in [5.41, 5.74) is 1.52. The van der Waals surface area contributed by atoms with Crippen LogP contribution in [-0.2, 0) is 12.5 Å². The molecule has 15 heavy (non-hydrogen) atoms. The highest BCUT2D eigenvalue weighted by molar-refractivity contribution is 5.41. The van der Waals surface area contributed by atoms with Crippen molar-refractivity contribution in [3.8, 4) is 5.88 Å². The standard InChI is InChI=1S/C12H17NO2/c1-7-6-13(5)11-9(10(7)14)12(3,4)8(2)15-11/h6,8H,1-5H3. The molecule has 0 saturated heterocycles. The lowest BCUT2D eigenvalue weighted by atomic mass is 9.82. The molecule has 3 nitrogen and oxygen atoms in total. The summed E-state index contributed by atoms with van der Waals surface area (Å²) in [6.07, 6.45) is 1.88. The van der Waals surface area contributed by atoms with E-state index < -0.39 is 0 Å². The predicted molar refractivity (Wildman–Crippen MR) is 59.5 cm³/mol. The molecule has 0 aromatic carbocycles. The molecule has 1 unspecified atom stereocenters. The van der Waals surface area contributed by atoms with Gasteiger partial charge in [-0.05, 0) is 13.8 Å². The Morgan fingerprint density at radius 3 is 2.67 bits per heavy atom. The molecule has 0 N–H and O–H groups in total. The largest absolute Gasteiger partial charge is 0.475 e. The van der Waals surface area contributed by atoms with Crippen LogP contribution in [0.4, 0.5) is 0 Å². The van der Waals surface area contributed by atoms with Crippen LogP contribution in [0.2, 0.25) is 0 Å². The third kappa shape index (κ3) is 1.22. The third-order valence-corrected chi connectivity index (χ3v) is 3.46. The van der Waals surface area contributed by atoms with Crippen LogP contribution >= 0.6 is 0 Å². The molecule has 0 bridgehead atoms. The SMILES string of the molecule is Cc1cn(C)c2c(c1=O)C(C)(C)C(C)O2. The summed E-state index contributed by atoms with van der Waals surface area (Å²) in [7, 11) is 1.92. The van der Waals surface area contributed by atoms with Gasteiger partial charge in [0.05, 0.1) is 5.56 Å². The van der Waals surface area contributed by atoms with Crippen molar-refractivity contribution in [3.63, 3.8) is 0 Å². The number of pyridine rings is 1. The van der Waals surface area contributed by atoms with Gasteiger partial charge in [0.1, 0.15) is 6.10 Å². The Morgan fingerprint density at radius 1 is 1.47 bits per heavy atom. The van der Waals surface area contributed by atoms with Crippen molar-refractivity contribution in [2.24, 2.45) is 7.05 Å². The molecule has 0 amide bonds. The van der Waals surface area contributed by atoms with Crippen molar-refractivity contribution in [1.82, 2.24) is 4.57 Å². The maximum Gasteiger partial charge on any atom is 0.201 e. The average molecular weight is 207 g/mol. The van der Waals surface area contributed by atoms with Gasteiger partial charge < -0.3 is 9.30 Å². The van der Waals surface area contributed by atoms with Crippen LogP contribution in [-0.4, -0.2) is 10.7 Å². The number of hydrogen-bond acceptors (Lipinski definition) is 2. The van der Waals surface area contributed by atoms with Gasteiger partial charge in [0.15, 0.2) is 5.43 Å². The number of ether oxygens (including phenoxy) is 1. The van der Waals surface area contributed by atoms with Crippen molar-refractivity contribution in [3.05, 3.63) is 27.5 Å². The molecule has 0 saturated carbocycles. The summed E-state index contributed by atoms with van der Waals surface area (Å²) in [4.78, 5) is 12.1. The number of nitrogens with zero attached hydrogens (tertiary/aromatic N) is 1. The molecule has 1 aliphatic rings. The van der Waals surface area contributed by atoms with E-state index in [0.717, 1.165) is 17.0 Å². The van der Waals surface area contributed by atoms with E-state index >= 15 is 0 Å². The Kier molecular flexibility index (Phi) is 1.97. The van der Waals surface area contributed by atoms with E-state index in [1.807, 2.05) is 31.7 Å². The van der Waals surface area contributed by atoms with E-state index in [1.54, 1.807) is 0 Å². The molecule has 2 rings (SSSR count). The Balaban J connectivity index is 2.82. The highest BCUT2D eigenvalue weighted by atomic mass is 16.5. The first kappa shape index (κ1) is 10.3. The van der Waals surface area contributed by atoms with Crippen molar-refractivity contribution < 1.29 is 4.74 Å². The molecule has 1 aromatic heterocycles. The van der Waals surface area contributed by atoms with Crippen molar-refractivity contribution in [2.45, 2.75) is 39.2 Å².